The molecule has 0 aromatic heterocycles. The highest BCUT2D eigenvalue weighted by Gasteiger charge is 2.58. The average molecular weight is 465 g/mol. The van der Waals surface area contributed by atoms with Gasteiger partial charge in [-0.2, -0.15) is 0 Å². The second-order valence-electron chi connectivity index (χ2n) is 10.7. The Morgan fingerprint density at radius 2 is 1.61 bits per heavy atom. The maximum absolute atomic E-state index is 13.3. The minimum Gasteiger partial charge on any atom is -0.504 e. The van der Waals surface area contributed by atoms with Crippen LogP contribution in [0.1, 0.15) is 73.3 Å². The molecule has 33 heavy (non-hydrogen) atoms. The third-order valence-corrected chi connectivity index (χ3v) is 5.26. The van der Waals surface area contributed by atoms with E-state index in [2.05, 4.69) is 0 Å². The lowest BCUT2D eigenvalue weighted by molar-refractivity contribution is -0.182. The zero-order valence-electron chi connectivity index (χ0n) is 20.7. The Morgan fingerprint density at radius 1 is 1.06 bits per heavy atom. The van der Waals surface area contributed by atoms with Crippen molar-refractivity contribution in [1.29, 1.82) is 0 Å². The molecule has 2 N–H and O–H groups in total. The number of phenolic OH excluding ortho intramolecular Hbond substituents is 1. The van der Waals surface area contributed by atoms with Gasteiger partial charge in [-0.15, -0.1) is 0 Å². The van der Waals surface area contributed by atoms with Crippen LogP contribution in [-0.2, 0) is 23.9 Å². The minimum absolute atomic E-state index is 0.128. The topological polar surface area (TPSA) is 119 Å². The van der Waals surface area contributed by atoms with Gasteiger partial charge in [0.05, 0.1) is 18.1 Å². The molecule has 1 fully saturated rings. The largest absolute Gasteiger partial charge is 0.504 e. The first kappa shape index (κ1) is 26.6. The zero-order valence-corrected chi connectivity index (χ0v) is 20.7. The van der Waals surface area contributed by atoms with E-state index in [0.717, 1.165) is 0 Å². The number of ketones is 1. The molecule has 1 aliphatic rings. The normalized spacial score (nSPS) is 26.0. The summed E-state index contributed by atoms with van der Waals surface area (Å²) in [6.45, 7) is 13.5. The molecule has 8 nitrogen and oxygen atoms in total. The lowest BCUT2D eigenvalue weighted by Gasteiger charge is -2.44. The predicted molar refractivity (Wildman–Crippen MR) is 121 cm³/mol. The fourth-order valence-corrected chi connectivity index (χ4v) is 4.16. The third kappa shape index (κ3) is 6.47. The molecule has 0 bridgehead atoms. The number of rotatable bonds is 5. The van der Waals surface area contributed by atoms with Crippen molar-refractivity contribution in [3.63, 3.8) is 0 Å². The molecule has 0 amide bonds. The molecule has 0 aliphatic heterocycles. The van der Waals surface area contributed by atoms with E-state index in [1.165, 1.54) is 25.1 Å². The Hall–Kier alpha value is -2.61. The Labute approximate surface area is 195 Å². The van der Waals surface area contributed by atoms with E-state index < -0.39 is 58.7 Å². The van der Waals surface area contributed by atoms with Crippen LogP contribution >= 0.6 is 0 Å². The molecule has 1 aromatic rings. The number of carbonyl (C=O) groups is 3. The Balaban J connectivity index is 2.71. The van der Waals surface area contributed by atoms with Gasteiger partial charge in [-0.3, -0.25) is 14.4 Å². The number of aromatic hydroxyl groups is 1. The van der Waals surface area contributed by atoms with Crippen LogP contribution in [0.4, 0.5) is 0 Å². The fraction of sp³-hybridized carbons (Fsp3) is 0.640. The van der Waals surface area contributed by atoms with E-state index in [-0.39, 0.29) is 18.1 Å². The summed E-state index contributed by atoms with van der Waals surface area (Å²) in [5.74, 6) is -5.73. The van der Waals surface area contributed by atoms with Gasteiger partial charge < -0.3 is 24.4 Å². The first-order valence-corrected chi connectivity index (χ1v) is 11.1. The quantitative estimate of drug-likeness (QED) is 0.502. The molecule has 0 unspecified atom stereocenters. The van der Waals surface area contributed by atoms with Crippen LogP contribution in [0.5, 0.6) is 11.5 Å². The second-order valence-corrected chi connectivity index (χ2v) is 10.7. The molecule has 1 saturated carbocycles. The first-order valence-electron chi connectivity index (χ1n) is 11.1. The van der Waals surface area contributed by atoms with Gasteiger partial charge in [-0.25, -0.2) is 0 Å². The van der Waals surface area contributed by atoms with Gasteiger partial charge in [0.1, 0.15) is 17.1 Å². The maximum atomic E-state index is 13.3. The number of aliphatic hydroxyl groups is 1. The van der Waals surface area contributed by atoms with Gasteiger partial charge in [0, 0.05) is 12.3 Å². The molecule has 8 heteroatoms. The van der Waals surface area contributed by atoms with Gasteiger partial charge >= 0.3 is 11.9 Å². The summed E-state index contributed by atoms with van der Waals surface area (Å²) in [6, 6.07) is 4.35. The molecule has 4 atom stereocenters. The fourth-order valence-electron chi connectivity index (χ4n) is 4.16. The average Bonchev–Trinajstić information content (AvgIpc) is 2.59. The molecule has 1 aliphatic carbocycles. The second kappa shape index (κ2) is 9.33. The highest BCUT2D eigenvalue weighted by Crippen LogP contribution is 2.48. The number of benzene rings is 1. The molecule has 0 spiro atoms. The van der Waals surface area contributed by atoms with Crippen molar-refractivity contribution in [3.8, 4) is 11.5 Å². The van der Waals surface area contributed by atoms with Gasteiger partial charge in [0.25, 0.3) is 0 Å². The Bertz CT molecular complexity index is 904. The molecular formula is C25H36O8. The molecule has 0 radical (unpaired) electrons. The number of phenols is 1. The predicted octanol–water partition coefficient (Wildman–Crippen LogP) is 3.51. The van der Waals surface area contributed by atoms with Crippen molar-refractivity contribution >= 4 is 17.7 Å². The summed E-state index contributed by atoms with van der Waals surface area (Å²) in [6.07, 6.45) is -0.409. The van der Waals surface area contributed by atoms with Crippen molar-refractivity contribution in [1.82, 2.24) is 0 Å². The van der Waals surface area contributed by atoms with Crippen molar-refractivity contribution in [2.24, 2.45) is 11.8 Å². The van der Waals surface area contributed by atoms with E-state index in [4.69, 9.17) is 14.2 Å². The highest BCUT2D eigenvalue weighted by molar-refractivity contribution is 6.03. The summed E-state index contributed by atoms with van der Waals surface area (Å²) in [5, 5.41) is 21.4. The Morgan fingerprint density at radius 3 is 2.12 bits per heavy atom. The molecule has 184 valence electrons. The molecular weight excluding hydrogens is 428 g/mol. The van der Waals surface area contributed by atoms with E-state index >= 15 is 0 Å². The van der Waals surface area contributed by atoms with E-state index in [9.17, 15) is 24.6 Å². The van der Waals surface area contributed by atoms with Gasteiger partial charge in [-0.05, 0) is 73.1 Å². The molecule has 1 aromatic carbocycles. The summed E-state index contributed by atoms with van der Waals surface area (Å²) >= 11 is 0. The van der Waals surface area contributed by atoms with Gasteiger partial charge in [-0.1, -0.05) is 6.07 Å². The first-order chi connectivity index (χ1) is 15.0. The summed E-state index contributed by atoms with van der Waals surface area (Å²) < 4.78 is 16.6. The van der Waals surface area contributed by atoms with Crippen molar-refractivity contribution in [2.75, 3.05) is 6.61 Å². The number of carbonyl (C=O) groups excluding carboxylic acids is 3. The van der Waals surface area contributed by atoms with Gasteiger partial charge in [0.2, 0.25) is 0 Å². The number of ether oxygens (including phenoxy) is 3. The minimum atomic E-state index is -1.77. The van der Waals surface area contributed by atoms with E-state index in [1.54, 1.807) is 48.5 Å². The van der Waals surface area contributed by atoms with Crippen molar-refractivity contribution in [2.45, 2.75) is 84.5 Å². The summed E-state index contributed by atoms with van der Waals surface area (Å²) in [7, 11) is 0. The number of esters is 2. The van der Waals surface area contributed by atoms with Crippen LogP contribution in [0, 0.1) is 11.8 Å². The molecule has 0 heterocycles. The Kier molecular flexibility index (Phi) is 7.53. The van der Waals surface area contributed by atoms with Crippen LogP contribution in [0.3, 0.4) is 0 Å². The van der Waals surface area contributed by atoms with Gasteiger partial charge in [0.15, 0.2) is 17.3 Å². The summed E-state index contributed by atoms with van der Waals surface area (Å²) in [4.78, 5) is 39.7. The zero-order chi connectivity index (χ0) is 25.4. The highest BCUT2D eigenvalue weighted by atomic mass is 16.6. The van der Waals surface area contributed by atoms with E-state index in [0.29, 0.717) is 5.56 Å². The monoisotopic (exact) mass is 464 g/mol. The summed E-state index contributed by atoms with van der Waals surface area (Å²) in [5.41, 5.74) is -3.12. The number of hydrogen-bond acceptors (Lipinski definition) is 8. The van der Waals surface area contributed by atoms with Crippen LogP contribution in [0.15, 0.2) is 18.2 Å². The third-order valence-electron chi connectivity index (χ3n) is 5.26. The molecule has 2 rings (SSSR count). The van der Waals surface area contributed by atoms with Crippen molar-refractivity contribution < 1.29 is 38.8 Å². The maximum Gasteiger partial charge on any atom is 0.317 e. The molecule has 0 saturated heterocycles. The van der Waals surface area contributed by atoms with Crippen LogP contribution in [0.25, 0.3) is 0 Å². The van der Waals surface area contributed by atoms with E-state index in [1.807, 2.05) is 0 Å². The standard InChI is InChI=1S/C25H36O8/c1-9-31-17-12-14(10-11-15(17)26)18-19(21(28)32-23(2,3)4)16(27)13-25(8,30)20(18)22(29)33-24(5,6)7/h10-12,18-20,26,30H,9,13H2,1-8H3/t18-,19+,20-,25+/m0/s1. The van der Waals surface area contributed by atoms with Crippen LogP contribution < -0.4 is 4.74 Å². The van der Waals surface area contributed by atoms with Crippen LogP contribution in [-0.4, -0.2) is 51.3 Å². The number of Topliss-reactive ketones (excluding diaryl/α,β-unsaturated/α-hetero) is 1. The lowest BCUT2D eigenvalue weighted by Crippen LogP contribution is -2.56. The SMILES string of the molecule is CCOc1cc([C@H]2[C@H](C(=O)OC(C)(C)C)C(=O)C[C@@](C)(O)[C@@H]2C(=O)OC(C)(C)C)ccc1O. The number of hydrogen-bond donors (Lipinski definition) is 2. The van der Waals surface area contributed by atoms with Crippen LogP contribution in [0.2, 0.25) is 0 Å². The smallest absolute Gasteiger partial charge is 0.317 e. The van der Waals surface area contributed by atoms with Crippen molar-refractivity contribution in [3.05, 3.63) is 23.8 Å². The lowest BCUT2D eigenvalue weighted by atomic mass is 9.61.